The van der Waals surface area contributed by atoms with Crippen molar-refractivity contribution < 1.29 is 19.4 Å². The Labute approximate surface area is 93.6 Å². The quantitative estimate of drug-likeness (QED) is 0.714. The second kappa shape index (κ2) is 4.69. The highest BCUT2D eigenvalue weighted by molar-refractivity contribution is 5.75. The number of amides is 2. The molecule has 2 aliphatic rings. The van der Waals surface area contributed by atoms with E-state index in [1.165, 1.54) is 0 Å². The Morgan fingerprint density at radius 2 is 1.94 bits per heavy atom. The van der Waals surface area contributed by atoms with Gasteiger partial charge in [-0.05, 0) is 12.8 Å². The molecule has 0 radical (unpaired) electrons. The van der Waals surface area contributed by atoms with Crippen molar-refractivity contribution in [1.29, 1.82) is 0 Å². The predicted molar refractivity (Wildman–Crippen MR) is 55.1 cm³/mol. The molecule has 0 aromatic carbocycles. The molecule has 2 N–H and O–H groups in total. The smallest absolute Gasteiger partial charge is 0.317 e. The minimum absolute atomic E-state index is 0.0388. The van der Waals surface area contributed by atoms with Gasteiger partial charge in [0.15, 0.2) is 0 Å². The fourth-order valence-electron chi connectivity index (χ4n) is 2.17. The van der Waals surface area contributed by atoms with Crippen LogP contribution in [0.15, 0.2) is 0 Å². The zero-order valence-corrected chi connectivity index (χ0v) is 9.02. The van der Waals surface area contributed by atoms with Gasteiger partial charge in [-0.2, -0.15) is 0 Å². The highest BCUT2D eigenvalue weighted by Crippen LogP contribution is 2.25. The molecule has 90 valence electrons. The second-order valence-corrected chi connectivity index (χ2v) is 4.24. The van der Waals surface area contributed by atoms with E-state index in [0.29, 0.717) is 13.1 Å². The topological polar surface area (TPSA) is 78.9 Å². The van der Waals surface area contributed by atoms with Crippen LogP contribution in [0.5, 0.6) is 0 Å². The highest BCUT2D eigenvalue weighted by atomic mass is 16.5. The first-order valence-electron chi connectivity index (χ1n) is 5.55. The maximum atomic E-state index is 11.7. The molecule has 2 unspecified atom stereocenters. The van der Waals surface area contributed by atoms with Gasteiger partial charge in [-0.15, -0.1) is 0 Å². The standard InChI is InChI=1S/C10H16N2O4/c13-9(14)3-4-11-10(15)12-5-7-1-2-8(6-12)16-7/h7-8H,1-6H2,(H,11,15)(H,13,14). The van der Waals surface area contributed by atoms with Gasteiger partial charge in [-0.25, -0.2) is 4.79 Å². The number of aliphatic carboxylic acids is 1. The Morgan fingerprint density at radius 1 is 1.31 bits per heavy atom. The summed E-state index contributed by atoms with van der Waals surface area (Å²) in [7, 11) is 0. The molecule has 2 heterocycles. The van der Waals surface area contributed by atoms with Gasteiger partial charge in [0.05, 0.1) is 18.6 Å². The van der Waals surface area contributed by atoms with Crippen LogP contribution >= 0.6 is 0 Å². The molecular weight excluding hydrogens is 212 g/mol. The minimum Gasteiger partial charge on any atom is -0.481 e. The third-order valence-corrected chi connectivity index (χ3v) is 2.95. The summed E-state index contributed by atoms with van der Waals surface area (Å²) in [6, 6.07) is -0.179. The van der Waals surface area contributed by atoms with E-state index in [4.69, 9.17) is 9.84 Å². The molecule has 0 aromatic heterocycles. The van der Waals surface area contributed by atoms with Gasteiger partial charge in [-0.1, -0.05) is 0 Å². The van der Waals surface area contributed by atoms with Gasteiger partial charge >= 0.3 is 12.0 Å². The summed E-state index contributed by atoms with van der Waals surface area (Å²) >= 11 is 0. The number of morpholine rings is 1. The Bertz CT molecular complexity index is 283. The van der Waals surface area contributed by atoms with E-state index >= 15 is 0 Å². The Hall–Kier alpha value is -1.30. The molecule has 16 heavy (non-hydrogen) atoms. The maximum Gasteiger partial charge on any atom is 0.317 e. The molecule has 2 bridgehead atoms. The number of urea groups is 1. The summed E-state index contributed by atoms with van der Waals surface area (Å²) in [4.78, 5) is 23.7. The van der Waals surface area contributed by atoms with Crippen LogP contribution in [0, 0.1) is 0 Å². The summed E-state index contributed by atoms with van der Waals surface area (Å²) in [6.07, 6.45) is 2.34. The van der Waals surface area contributed by atoms with E-state index < -0.39 is 5.97 Å². The van der Waals surface area contributed by atoms with Crippen LogP contribution in [0.3, 0.4) is 0 Å². The number of ether oxygens (including phenoxy) is 1. The van der Waals surface area contributed by atoms with Crippen LogP contribution in [0.4, 0.5) is 4.79 Å². The largest absolute Gasteiger partial charge is 0.481 e. The van der Waals surface area contributed by atoms with E-state index in [9.17, 15) is 9.59 Å². The molecule has 2 aliphatic heterocycles. The number of nitrogens with zero attached hydrogens (tertiary/aromatic N) is 1. The van der Waals surface area contributed by atoms with E-state index in [0.717, 1.165) is 12.8 Å². The SMILES string of the molecule is O=C(O)CCNC(=O)N1CC2CCC(C1)O2. The number of fused-ring (bicyclic) bond motifs is 2. The highest BCUT2D eigenvalue weighted by Gasteiger charge is 2.35. The number of hydrogen-bond donors (Lipinski definition) is 2. The second-order valence-electron chi connectivity index (χ2n) is 4.24. The lowest BCUT2D eigenvalue weighted by Crippen LogP contribution is -2.50. The van der Waals surface area contributed by atoms with Gasteiger partial charge in [0.25, 0.3) is 0 Å². The number of likely N-dealkylation sites (tertiary alicyclic amines) is 1. The number of carbonyl (C=O) groups excluding carboxylic acids is 1. The zero-order chi connectivity index (χ0) is 11.5. The monoisotopic (exact) mass is 228 g/mol. The number of hydrogen-bond acceptors (Lipinski definition) is 3. The van der Waals surface area contributed by atoms with Crippen LogP contribution < -0.4 is 5.32 Å². The van der Waals surface area contributed by atoms with Crippen molar-refractivity contribution in [2.75, 3.05) is 19.6 Å². The molecule has 0 aliphatic carbocycles. The molecule has 0 saturated carbocycles. The van der Waals surface area contributed by atoms with Gasteiger partial charge < -0.3 is 20.1 Å². The van der Waals surface area contributed by atoms with Crippen LogP contribution in [0.25, 0.3) is 0 Å². The Morgan fingerprint density at radius 3 is 2.50 bits per heavy atom. The first kappa shape index (κ1) is 11.2. The third kappa shape index (κ3) is 2.63. The average molecular weight is 228 g/mol. The van der Waals surface area contributed by atoms with Crippen molar-refractivity contribution in [3.05, 3.63) is 0 Å². The molecule has 2 atom stereocenters. The fourth-order valence-corrected chi connectivity index (χ4v) is 2.17. The van der Waals surface area contributed by atoms with Crippen molar-refractivity contribution in [3.63, 3.8) is 0 Å². The van der Waals surface area contributed by atoms with Crippen molar-refractivity contribution in [2.24, 2.45) is 0 Å². The lowest BCUT2D eigenvalue weighted by atomic mass is 10.2. The lowest BCUT2D eigenvalue weighted by Gasteiger charge is -2.32. The fraction of sp³-hybridized carbons (Fsp3) is 0.800. The molecule has 0 aromatic rings. The first-order valence-corrected chi connectivity index (χ1v) is 5.55. The maximum absolute atomic E-state index is 11.7. The van der Waals surface area contributed by atoms with E-state index in [1.807, 2.05) is 0 Å². The number of carboxylic acids is 1. The van der Waals surface area contributed by atoms with Crippen LogP contribution in [0.2, 0.25) is 0 Å². The zero-order valence-electron chi connectivity index (χ0n) is 9.02. The summed E-state index contributed by atoms with van der Waals surface area (Å²) in [5.74, 6) is -0.901. The van der Waals surface area contributed by atoms with E-state index in [1.54, 1.807) is 4.90 Å². The van der Waals surface area contributed by atoms with E-state index in [2.05, 4.69) is 5.32 Å². The van der Waals surface area contributed by atoms with Gasteiger partial charge in [0.2, 0.25) is 0 Å². The average Bonchev–Trinajstić information content (AvgIpc) is 2.57. The van der Waals surface area contributed by atoms with Crippen molar-refractivity contribution >= 4 is 12.0 Å². The van der Waals surface area contributed by atoms with Gasteiger partial charge in [-0.3, -0.25) is 4.79 Å². The van der Waals surface area contributed by atoms with Gasteiger partial charge in [0, 0.05) is 19.6 Å². The van der Waals surface area contributed by atoms with E-state index in [-0.39, 0.29) is 31.2 Å². The lowest BCUT2D eigenvalue weighted by molar-refractivity contribution is -0.136. The van der Waals surface area contributed by atoms with Crippen molar-refractivity contribution in [1.82, 2.24) is 10.2 Å². The molecule has 0 spiro atoms. The summed E-state index contributed by atoms with van der Waals surface area (Å²) in [5, 5.41) is 11.0. The van der Waals surface area contributed by atoms with Crippen molar-refractivity contribution in [3.8, 4) is 0 Å². The predicted octanol–water partition coefficient (Wildman–Crippen LogP) is 0.0339. The van der Waals surface area contributed by atoms with Crippen LogP contribution in [-0.2, 0) is 9.53 Å². The number of rotatable bonds is 3. The molecule has 2 rings (SSSR count). The first-order chi connectivity index (χ1) is 7.65. The Balaban J connectivity index is 1.75. The minimum atomic E-state index is -0.901. The van der Waals surface area contributed by atoms with Gasteiger partial charge in [0.1, 0.15) is 0 Å². The summed E-state index contributed by atoms with van der Waals surface area (Å²) in [6.45, 7) is 1.42. The molecule has 2 saturated heterocycles. The summed E-state index contributed by atoms with van der Waals surface area (Å²) < 4.78 is 5.60. The Kier molecular flexibility index (Phi) is 3.28. The molecule has 2 fully saturated rings. The normalized spacial score (nSPS) is 27.9. The van der Waals surface area contributed by atoms with Crippen LogP contribution in [0.1, 0.15) is 19.3 Å². The number of carboxylic acid groups (broad SMARTS) is 1. The number of nitrogens with one attached hydrogen (secondary N) is 1. The molecule has 6 nitrogen and oxygen atoms in total. The van der Waals surface area contributed by atoms with Crippen LogP contribution in [-0.4, -0.2) is 53.8 Å². The molecule has 2 amide bonds. The van der Waals surface area contributed by atoms with Crippen molar-refractivity contribution in [2.45, 2.75) is 31.5 Å². The molecular formula is C10H16N2O4. The summed E-state index contributed by atoms with van der Waals surface area (Å²) in [5.41, 5.74) is 0. The third-order valence-electron chi connectivity index (χ3n) is 2.95. The molecule has 6 heteroatoms. The number of carbonyl (C=O) groups is 2.